The molecular weight excluding hydrogens is 250 g/mol. The number of hydrogen-bond donors (Lipinski definition) is 1. The lowest BCUT2D eigenvalue weighted by Gasteiger charge is -2.15. The maximum atomic E-state index is 11.4. The summed E-state index contributed by atoms with van der Waals surface area (Å²) in [6.07, 6.45) is 0.833. The second kappa shape index (κ2) is 7.68. The molecule has 0 aromatic carbocycles. The van der Waals surface area contributed by atoms with E-state index in [2.05, 4.69) is 28.2 Å². The van der Waals surface area contributed by atoms with E-state index >= 15 is 0 Å². The van der Waals surface area contributed by atoms with Gasteiger partial charge in [0.25, 0.3) is 0 Å². The molecule has 2 atom stereocenters. The highest BCUT2D eigenvalue weighted by atomic mass is 79.9. The number of rotatable bonds is 6. The number of carbonyl (C=O) groups excluding carboxylic acids is 1. The van der Waals surface area contributed by atoms with Crippen LogP contribution < -0.4 is 5.32 Å². The summed E-state index contributed by atoms with van der Waals surface area (Å²) in [5, 5.41) is 2.96. The first-order valence-corrected chi connectivity index (χ1v) is 6.71. The average Bonchev–Trinajstić information content (AvgIpc) is 2.13. The van der Waals surface area contributed by atoms with Crippen LogP contribution in [0.5, 0.6) is 0 Å². The van der Waals surface area contributed by atoms with E-state index in [4.69, 9.17) is 0 Å². The van der Waals surface area contributed by atoms with Crippen molar-refractivity contribution in [1.29, 1.82) is 0 Å². The molecule has 0 bridgehead atoms. The first kappa shape index (κ1) is 13.3. The van der Waals surface area contributed by atoms with Gasteiger partial charge < -0.3 is 5.32 Å². The van der Waals surface area contributed by atoms with Gasteiger partial charge in [-0.25, -0.2) is 0 Å². The van der Waals surface area contributed by atoms with Gasteiger partial charge in [-0.15, -0.1) is 0 Å². The van der Waals surface area contributed by atoms with Gasteiger partial charge in [-0.1, -0.05) is 29.8 Å². The second-order valence-electron chi connectivity index (χ2n) is 2.94. The number of nitrogens with one attached hydrogen (secondary N) is 1. The number of alkyl halides is 1. The van der Waals surface area contributed by atoms with Crippen molar-refractivity contribution in [1.82, 2.24) is 5.32 Å². The molecule has 0 radical (unpaired) electrons. The van der Waals surface area contributed by atoms with Gasteiger partial charge in [0.2, 0.25) is 5.91 Å². The van der Waals surface area contributed by atoms with Crippen LogP contribution in [0, 0.1) is 0 Å². The molecular formula is C9H18BrNOS. The third-order valence-electron chi connectivity index (χ3n) is 1.60. The van der Waals surface area contributed by atoms with Crippen LogP contribution in [-0.4, -0.2) is 28.3 Å². The third kappa shape index (κ3) is 6.38. The monoisotopic (exact) mass is 267 g/mol. The number of hydrogen-bond acceptors (Lipinski definition) is 2. The first-order valence-electron chi connectivity index (χ1n) is 4.64. The normalized spacial score (nSPS) is 15.1. The largest absolute Gasteiger partial charge is 0.352 e. The molecule has 0 rings (SSSR count). The van der Waals surface area contributed by atoms with Crippen molar-refractivity contribution < 1.29 is 4.79 Å². The Kier molecular flexibility index (Phi) is 7.86. The predicted octanol–water partition coefficient (Wildman–Crippen LogP) is 2.42. The highest BCUT2D eigenvalue weighted by molar-refractivity contribution is 9.10. The molecule has 2 nitrogen and oxygen atoms in total. The summed E-state index contributed by atoms with van der Waals surface area (Å²) < 4.78 is 0. The highest BCUT2D eigenvalue weighted by Gasteiger charge is 2.14. The fourth-order valence-electron chi connectivity index (χ4n) is 0.855. The molecule has 0 aromatic rings. The van der Waals surface area contributed by atoms with Crippen LogP contribution in [0.4, 0.5) is 0 Å². The van der Waals surface area contributed by atoms with E-state index in [-0.39, 0.29) is 16.8 Å². The third-order valence-corrected chi connectivity index (χ3v) is 3.81. The molecule has 13 heavy (non-hydrogen) atoms. The lowest BCUT2D eigenvalue weighted by Crippen LogP contribution is -2.38. The Morgan fingerprint density at radius 1 is 1.54 bits per heavy atom. The van der Waals surface area contributed by atoms with Crippen molar-refractivity contribution in [3.8, 4) is 0 Å². The maximum Gasteiger partial charge on any atom is 0.234 e. The number of amides is 1. The predicted molar refractivity (Wildman–Crippen MR) is 63.6 cm³/mol. The van der Waals surface area contributed by atoms with Gasteiger partial charge in [-0.2, -0.15) is 11.8 Å². The van der Waals surface area contributed by atoms with Crippen LogP contribution in [0.3, 0.4) is 0 Å². The molecule has 1 N–H and O–H groups in total. The SMILES string of the molecule is CCSCC(C)NC(=O)C(Br)CC. The Hall–Kier alpha value is 0.300. The maximum absolute atomic E-state index is 11.4. The van der Waals surface area contributed by atoms with Gasteiger partial charge in [0, 0.05) is 11.8 Å². The van der Waals surface area contributed by atoms with Gasteiger partial charge >= 0.3 is 0 Å². The number of thioether (sulfide) groups is 1. The van der Waals surface area contributed by atoms with Crippen LogP contribution in [0.15, 0.2) is 0 Å². The van der Waals surface area contributed by atoms with E-state index in [1.165, 1.54) is 0 Å². The Morgan fingerprint density at radius 3 is 2.62 bits per heavy atom. The summed E-state index contributed by atoms with van der Waals surface area (Å²) in [6, 6.07) is 0.268. The van der Waals surface area contributed by atoms with Gasteiger partial charge in [-0.05, 0) is 19.1 Å². The molecule has 0 aliphatic heterocycles. The lowest BCUT2D eigenvalue weighted by atomic mass is 10.3. The minimum atomic E-state index is -0.0402. The fraction of sp³-hybridized carbons (Fsp3) is 0.889. The number of halogens is 1. The van der Waals surface area contributed by atoms with E-state index < -0.39 is 0 Å². The van der Waals surface area contributed by atoms with Gasteiger partial charge in [0.05, 0.1) is 4.83 Å². The Labute approximate surface area is 93.4 Å². The summed E-state index contributed by atoms with van der Waals surface area (Å²) in [5.41, 5.74) is 0. The summed E-state index contributed by atoms with van der Waals surface area (Å²) in [4.78, 5) is 11.3. The van der Waals surface area contributed by atoms with E-state index in [0.717, 1.165) is 17.9 Å². The van der Waals surface area contributed by atoms with Crippen LogP contribution in [0.2, 0.25) is 0 Å². The zero-order chi connectivity index (χ0) is 10.3. The molecule has 0 spiro atoms. The molecule has 2 unspecified atom stereocenters. The Bertz CT molecular complexity index is 155. The van der Waals surface area contributed by atoms with Crippen LogP contribution in [-0.2, 0) is 4.79 Å². The average molecular weight is 268 g/mol. The number of carbonyl (C=O) groups is 1. The standard InChI is InChI=1S/C9H18BrNOS/c1-4-8(10)9(12)11-7(3)6-13-5-2/h7-8H,4-6H2,1-3H3,(H,11,12). The quantitative estimate of drug-likeness (QED) is 0.749. The molecule has 0 aliphatic carbocycles. The smallest absolute Gasteiger partial charge is 0.234 e. The second-order valence-corrected chi connectivity index (χ2v) is 5.37. The molecule has 0 saturated carbocycles. The highest BCUT2D eigenvalue weighted by Crippen LogP contribution is 2.06. The van der Waals surface area contributed by atoms with E-state index in [1.54, 1.807) is 0 Å². The van der Waals surface area contributed by atoms with Gasteiger partial charge in [0.1, 0.15) is 0 Å². The van der Waals surface area contributed by atoms with Crippen LogP contribution >= 0.6 is 27.7 Å². The fourth-order valence-corrected chi connectivity index (χ4v) is 1.66. The molecule has 1 amide bonds. The van der Waals surface area contributed by atoms with E-state index in [0.29, 0.717) is 0 Å². The molecule has 4 heteroatoms. The summed E-state index contributed by atoms with van der Waals surface area (Å²) in [5.74, 6) is 2.20. The van der Waals surface area contributed by atoms with Crippen molar-refractivity contribution in [2.75, 3.05) is 11.5 Å². The Balaban J connectivity index is 3.64. The van der Waals surface area contributed by atoms with Crippen molar-refractivity contribution >= 4 is 33.6 Å². The van der Waals surface area contributed by atoms with Crippen LogP contribution in [0.25, 0.3) is 0 Å². The lowest BCUT2D eigenvalue weighted by molar-refractivity contribution is -0.120. The van der Waals surface area contributed by atoms with Crippen molar-refractivity contribution in [3.05, 3.63) is 0 Å². The van der Waals surface area contributed by atoms with Crippen molar-refractivity contribution in [2.45, 2.75) is 38.1 Å². The van der Waals surface area contributed by atoms with Gasteiger partial charge in [-0.3, -0.25) is 4.79 Å². The minimum absolute atomic E-state index is 0.0402. The molecule has 0 saturated heterocycles. The first-order chi connectivity index (χ1) is 6.11. The van der Waals surface area contributed by atoms with Crippen molar-refractivity contribution in [3.63, 3.8) is 0 Å². The van der Waals surface area contributed by atoms with Crippen molar-refractivity contribution in [2.24, 2.45) is 0 Å². The minimum Gasteiger partial charge on any atom is -0.352 e. The van der Waals surface area contributed by atoms with Gasteiger partial charge in [0.15, 0.2) is 0 Å². The van der Waals surface area contributed by atoms with E-state index in [1.807, 2.05) is 25.6 Å². The summed E-state index contributed by atoms with van der Waals surface area (Å²) >= 11 is 5.17. The molecule has 0 fully saturated rings. The topological polar surface area (TPSA) is 29.1 Å². The zero-order valence-corrected chi connectivity index (χ0v) is 10.9. The van der Waals surface area contributed by atoms with Crippen LogP contribution in [0.1, 0.15) is 27.2 Å². The summed E-state index contributed by atoms with van der Waals surface area (Å²) in [6.45, 7) is 6.15. The summed E-state index contributed by atoms with van der Waals surface area (Å²) in [7, 11) is 0. The molecule has 0 aromatic heterocycles. The molecule has 0 heterocycles. The molecule has 78 valence electrons. The zero-order valence-electron chi connectivity index (χ0n) is 8.47. The van der Waals surface area contributed by atoms with E-state index in [9.17, 15) is 4.79 Å². The Morgan fingerprint density at radius 2 is 2.15 bits per heavy atom. The molecule has 0 aliphatic rings.